The van der Waals surface area contributed by atoms with Crippen molar-refractivity contribution in [3.05, 3.63) is 47.5 Å². The molecule has 2 aromatic heterocycles. The predicted molar refractivity (Wildman–Crippen MR) is 112 cm³/mol. The van der Waals surface area contributed by atoms with Crippen LogP contribution in [0.4, 0.5) is 5.95 Å². The van der Waals surface area contributed by atoms with Gasteiger partial charge in [0.15, 0.2) is 0 Å². The maximum absolute atomic E-state index is 12.8. The Morgan fingerprint density at radius 2 is 2.03 bits per heavy atom. The van der Waals surface area contributed by atoms with Gasteiger partial charge in [-0.05, 0) is 49.8 Å². The van der Waals surface area contributed by atoms with E-state index in [4.69, 9.17) is 4.98 Å². The van der Waals surface area contributed by atoms with Crippen molar-refractivity contribution in [1.29, 1.82) is 0 Å². The lowest BCUT2D eigenvalue weighted by Gasteiger charge is -2.24. The van der Waals surface area contributed by atoms with E-state index >= 15 is 0 Å². The monoisotopic (exact) mass is 390 g/mol. The van der Waals surface area contributed by atoms with E-state index in [1.807, 2.05) is 42.1 Å². The molecule has 3 aromatic rings. The smallest absolute Gasteiger partial charge is 0.225 e. The second-order valence-corrected chi connectivity index (χ2v) is 8.07. The van der Waals surface area contributed by atoms with Gasteiger partial charge in [-0.2, -0.15) is 0 Å². The van der Waals surface area contributed by atoms with Crippen LogP contribution < -0.4 is 10.2 Å². The van der Waals surface area contributed by atoms with Crippen molar-refractivity contribution in [2.24, 2.45) is 13.0 Å². The molecule has 0 spiro atoms. The van der Waals surface area contributed by atoms with Gasteiger partial charge in [-0.15, -0.1) is 0 Å². The SMILES string of the molecule is Cn1c(CNC(=O)[C@@H]2CCc3nc(N4CCCC4)ncc3C2)nc2ccccc21. The summed E-state index contributed by atoms with van der Waals surface area (Å²) in [6.45, 7) is 2.54. The maximum Gasteiger partial charge on any atom is 0.225 e. The lowest BCUT2D eigenvalue weighted by atomic mass is 9.86. The predicted octanol–water partition coefficient (Wildman–Crippen LogP) is 2.38. The lowest BCUT2D eigenvalue weighted by molar-refractivity contribution is -0.125. The largest absolute Gasteiger partial charge is 0.349 e. The highest BCUT2D eigenvalue weighted by atomic mass is 16.1. The Bertz CT molecular complexity index is 1050. The molecule has 3 heterocycles. The summed E-state index contributed by atoms with van der Waals surface area (Å²) in [4.78, 5) is 29.0. The molecule has 1 fully saturated rings. The molecule has 1 aromatic carbocycles. The summed E-state index contributed by atoms with van der Waals surface area (Å²) >= 11 is 0. The first-order valence-electron chi connectivity index (χ1n) is 10.5. The van der Waals surface area contributed by atoms with Crippen LogP contribution in [0.25, 0.3) is 11.0 Å². The van der Waals surface area contributed by atoms with E-state index in [9.17, 15) is 4.79 Å². The Labute approximate surface area is 170 Å². The van der Waals surface area contributed by atoms with Crippen LogP contribution in [0.3, 0.4) is 0 Å². The Kier molecular flexibility index (Phi) is 4.66. The fraction of sp³-hybridized carbons (Fsp3) is 0.455. The summed E-state index contributed by atoms with van der Waals surface area (Å²) in [5.74, 6) is 1.78. The van der Waals surface area contributed by atoms with Crippen LogP contribution in [0, 0.1) is 5.92 Å². The van der Waals surface area contributed by atoms with Crippen molar-refractivity contribution in [2.75, 3.05) is 18.0 Å². The van der Waals surface area contributed by atoms with Gasteiger partial charge in [0, 0.05) is 37.9 Å². The van der Waals surface area contributed by atoms with Crippen LogP contribution in [0.5, 0.6) is 0 Å². The third-order valence-electron chi connectivity index (χ3n) is 6.20. The van der Waals surface area contributed by atoms with Gasteiger partial charge < -0.3 is 14.8 Å². The van der Waals surface area contributed by atoms with Crippen molar-refractivity contribution >= 4 is 22.9 Å². The molecule has 1 amide bonds. The summed E-state index contributed by atoms with van der Waals surface area (Å²) in [5, 5.41) is 3.09. The second kappa shape index (κ2) is 7.46. The summed E-state index contributed by atoms with van der Waals surface area (Å²) in [7, 11) is 1.99. The standard InChI is InChI=1S/C22H26N6O/c1-27-19-7-3-2-6-18(19)25-20(27)14-23-21(29)15-8-9-17-16(12-15)13-24-22(26-17)28-10-4-5-11-28/h2-3,6-7,13,15H,4-5,8-12,14H2,1H3,(H,23,29)/t15-/m1/s1. The van der Waals surface area contributed by atoms with Crippen LogP contribution in [0.2, 0.25) is 0 Å². The molecule has 1 saturated heterocycles. The quantitative estimate of drug-likeness (QED) is 0.740. The highest BCUT2D eigenvalue weighted by molar-refractivity contribution is 5.79. The summed E-state index contributed by atoms with van der Waals surface area (Å²) in [6, 6.07) is 8.02. The van der Waals surface area contributed by atoms with E-state index < -0.39 is 0 Å². The first kappa shape index (κ1) is 18.1. The van der Waals surface area contributed by atoms with Gasteiger partial charge in [-0.1, -0.05) is 12.1 Å². The number of amides is 1. The number of anilines is 1. The van der Waals surface area contributed by atoms with E-state index in [2.05, 4.69) is 20.2 Å². The molecule has 7 heteroatoms. The van der Waals surface area contributed by atoms with Crippen molar-refractivity contribution < 1.29 is 4.79 Å². The number of imidazole rings is 1. The number of aryl methyl sites for hydroxylation is 2. The molecule has 5 rings (SSSR count). The van der Waals surface area contributed by atoms with Gasteiger partial charge in [0.1, 0.15) is 5.82 Å². The zero-order valence-electron chi connectivity index (χ0n) is 16.8. The summed E-state index contributed by atoms with van der Waals surface area (Å²) in [5.41, 5.74) is 4.26. The molecule has 1 atom stereocenters. The molecule has 7 nitrogen and oxygen atoms in total. The van der Waals surface area contributed by atoms with Crippen LogP contribution >= 0.6 is 0 Å². The highest BCUT2D eigenvalue weighted by Crippen LogP contribution is 2.26. The number of rotatable bonds is 4. The molecule has 0 saturated carbocycles. The van der Waals surface area contributed by atoms with E-state index in [0.717, 1.165) is 60.0 Å². The number of carbonyl (C=O) groups excluding carboxylic acids is 1. The molecule has 0 bridgehead atoms. The molecule has 1 aliphatic heterocycles. The number of hydrogen-bond acceptors (Lipinski definition) is 5. The average Bonchev–Trinajstić information content (AvgIpc) is 3.40. The van der Waals surface area contributed by atoms with Gasteiger partial charge in [0.05, 0.1) is 17.6 Å². The number of benzene rings is 1. The van der Waals surface area contributed by atoms with Crippen LogP contribution in [0.1, 0.15) is 36.3 Å². The third-order valence-corrected chi connectivity index (χ3v) is 6.20. The lowest BCUT2D eigenvalue weighted by Crippen LogP contribution is -2.34. The Hall–Kier alpha value is -2.96. The molecule has 1 N–H and O–H groups in total. The van der Waals surface area contributed by atoms with Gasteiger partial charge in [-0.3, -0.25) is 4.79 Å². The minimum absolute atomic E-state index is 0.0292. The number of nitrogens with one attached hydrogen (secondary N) is 1. The molecule has 2 aliphatic rings. The van der Waals surface area contributed by atoms with Gasteiger partial charge in [-0.25, -0.2) is 15.0 Å². The minimum atomic E-state index is -0.0292. The summed E-state index contributed by atoms with van der Waals surface area (Å²) < 4.78 is 2.04. The number of nitrogens with zero attached hydrogens (tertiary/aromatic N) is 5. The second-order valence-electron chi connectivity index (χ2n) is 8.07. The third kappa shape index (κ3) is 3.45. The zero-order chi connectivity index (χ0) is 19.8. The number of fused-ring (bicyclic) bond motifs is 2. The van der Waals surface area contributed by atoms with Gasteiger partial charge in [0.2, 0.25) is 11.9 Å². The van der Waals surface area contributed by atoms with Crippen molar-refractivity contribution in [1.82, 2.24) is 24.8 Å². The fourth-order valence-corrected chi connectivity index (χ4v) is 4.45. The van der Waals surface area contributed by atoms with Crippen LogP contribution in [-0.4, -0.2) is 38.5 Å². The minimum Gasteiger partial charge on any atom is -0.349 e. The Morgan fingerprint density at radius 1 is 1.21 bits per heavy atom. The Morgan fingerprint density at radius 3 is 2.86 bits per heavy atom. The maximum atomic E-state index is 12.8. The normalized spacial score (nSPS) is 18.8. The first-order valence-corrected chi connectivity index (χ1v) is 10.5. The van der Waals surface area contributed by atoms with E-state index in [1.54, 1.807) is 0 Å². The number of para-hydroxylation sites is 2. The average molecular weight is 390 g/mol. The summed E-state index contributed by atoms with van der Waals surface area (Å²) in [6.07, 6.45) is 6.74. The first-order chi connectivity index (χ1) is 14.2. The van der Waals surface area contributed by atoms with E-state index in [0.29, 0.717) is 13.0 Å². The molecule has 1 aliphatic carbocycles. The van der Waals surface area contributed by atoms with E-state index in [-0.39, 0.29) is 11.8 Å². The van der Waals surface area contributed by atoms with Crippen LogP contribution in [-0.2, 0) is 31.2 Å². The molecular weight excluding hydrogens is 364 g/mol. The van der Waals surface area contributed by atoms with Gasteiger partial charge >= 0.3 is 0 Å². The number of hydrogen-bond donors (Lipinski definition) is 1. The number of aromatic nitrogens is 4. The topological polar surface area (TPSA) is 75.9 Å². The van der Waals surface area contributed by atoms with Crippen LogP contribution in [0.15, 0.2) is 30.5 Å². The number of carbonyl (C=O) groups is 1. The fourth-order valence-electron chi connectivity index (χ4n) is 4.45. The zero-order valence-corrected chi connectivity index (χ0v) is 16.8. The van der Waals surface area contributed by atoms with Crippen molar-refractivity contribution in [2.45, 2.75) is 38.6 Å². The molecular formula is C22H26N6O. The van der Waals surface area contributed by atoms with Gasteiger partial charge in [0.25, 0.3) is 0 Å². The molecule has 0 radical (unpaired) electrons. The van der Waals surface area contributed by atoms with E-state index in [1.165, 1.54) is 12.8 Å². The van der Waals surface area contributed by atoms with Crippen molar-refractivity contribution in [3.8, 4) is 0 Å². The Balaban J connectivity index is 1.24. The highest BCUT2D eigenvalue weighted by Gasteiger charge is 2.27. The van der Waals surface area contributed by atoms with Crippen molar-refractivity contribution in [3.63, 3.8) is 0 Å². The molecule has 29 heavy (non-hydrogen) atoms. The molecule has 150 valence electrons. The molecule has 0 unspecified atom stereocenters.